The molecule has 0 bridgehead atoms. The number of primary amides is 1. The quantitative estimate of drug-likeness (QED) is 0.0462. The predicted molar refractivity (Wildman–Crippen MR) is 310 cm³/mol. The van der Waals surface area contributed by atoms with E-state index in [1.807, 2.05) is 59.7 Å². The Bertz CT molecular complexity index is 2340. The highest BCUT2D eigenvalue weighted by Gasteiger charge is 2.44. The van der Waals surface area contributed by atoms with Crippen molar-refractivity contribution in [1.82, 2.24) is 41.3 Å². The highest BCUT2D eigenvalue weighted by molar-refractivity contribution is 5.98. The fourth-order valence-electron chi connectivity index (χ4n) is 10.7. The second kappa shape index (κ2) is 33.5. The summed E-state index contributed by atoms with van der Waals surface area (Å²) < 4.78 is 17.7. The first-order valence-corrected chi connectivity index (χ1v) is 28.5. The van der Waals surface area contributed by atoms with Crippen LogP contribution in [0.3, 0.4) is 0 Å². The molecule has 1 aliphatic heterocycles. The van der Waals surface area contributed by atoms with Gasteiger partial charge in [-0.15, -0.1) is 0 Å². The molecule has 22 nitrogen and oxygen atoms in total. The number of urea groups is 1. The first kappa shape index (κ1) is 68.9. The van der Waals surface area contributed by atoms with Crippen molar-refractivity contribution >= 4 is 53.3 Å². The molecule has 22 heteroatoms. The zero-order chi connectivity index (χ0) is 60.8. The number of aliphatic hydroxyl groups is 1. The van der Waals surface area contributed by atoms with E-state index in [4.69, 9.17) is 19.9 Å². The Labute approximate surface area is 480 Å². The molecule has 0 spiro atoms. The van der Waals surface area contributed by atoms with Gasteiger partial charge in [-0.05, 0) is 86.6 Å². The van der Waals surface area contributed by atoms with Crippen LogP contribution in [0.2, 0.25) is 0 Å². The van der Waals surface area contributed by atoms with Crippen LogP contribution >= 0.6 is 0 Å². The molecule has 2 aromatic carbocycles. The molecule has 1 aliphatic rings. The number of methoxy groups -OCH3 is 2. The molecule has 9 N–H and O–H groups in total. The smallest absolute Gasteiger partial charge is 0.410 e. The molecule has 81 heavy (non-hydrogen) atoms. The van der Waals surface area contributed by atoms with Gasteiger partial charge in [-0.25, -0.2) is 9.59 Å². The maximum absolute atomic E-state index is 14.7. The maximum Gasteiger partial charge on any atom is 0.410 e. The lowest BCUT2D eigenvalue weighted by atomic mass is 9.89. The highest BCUT2D eigenvalue weighted by Crippen LogP contribution is 2.30. The van der Waals surface area contributed by atoms with Gasteiger partial charge in [-0.2, -0.15) is 0 Å². The van der Waals surface area contributed by atoms with E-state index in [1.54, 1.807) is 88.0 Å². The Morgan fingerprint density at radius 2 is 1.40 bits per heavy atom. The third-order valence-electron chi connectivity index (χ3n) is 15.5. The summed E-state index contributed by atoms with van der Waals surface area (Å²) in [7, 11) is 7.80. The second-order valence-corrected chi connectivity index (χ2v) is 22.5. The number of nitrogens with two attached hydrogens (primary N) is 1. The molecule has 0 radical (unpaired) electrons. The minimum Gasteiger partial charge on any atom is -0.445 e. The monoisotopic (exact) mass is 1140 g/mol. The van der Waals surface area contributed by atoms with Crippen LogP contribution in [0.25, 0.3) is 0 Å². The van der Waals surface area contributed by atoms with Crippen molar-refractivity contribution in [3.05, 3.63) is 65.7 Å². The molecule has 1 saturated heterocycles. The second-order valence-electron chi connectivity index (χ2n) is 22.5. The largest absolute Gasteiger partial charge is 0.445 e. The third kappa shape index (κ3) is 19.9. The van der Waals surface area contributed by atoms with E-state index in [9.17, 15) is 43.5 Å². The molecule has 2 aromatic rings. The van der Waals surface area contributed by atoms with Crippen LogP contribution in [0, 0.1) is 29.6 Å². The molecule has 9 amide bonds. The average Bonchev–Trinajstić information content (AvgIpc) is 3.99. The van der Waals surface area contributed by atoms with Crippen LogP contribution in [-0.4, -0.2) is 170 Å². The van der Waals surface area contributed by atoms with Gasteiger partial charge < -0.3 is 66.8 Å². The Hall–Kier alpha value is -6.36. The van der Waals surface area contributed by atoms with Crippen LogP contribution in [-0.2, 0) is 49.6 Å². The Morgan fingerprint density at radius 1 is 0.765 bits per heavy atom. The summed E-state index contributed by atoms with van der Waals surface area (Å²) in [5.41, 5.74) is 6.86. The summed E-state index contributed by atoms with van der Waals surface area (Å²) in [4.78, 5) is 113. The summed E-state index contributed by atoms with van der Waals surface area (Å²) in [6.45, 7) is 18.9. The normalized spacial score (nSPS) is 17.5. The topological polar surface area (TPSA) is 292 Å². The summed E-state index contributed by atoms with van der Waals surface area (Å²) in [5, 5.41) is 27.9. The highest BCUT2D eigenvalue weighted by atomic mass is 16.6. The minimum atomic E-state index is -1.05. The number of nitrogens with one attached hydrogen (secondary N) is 6. The first-order chi connectivity index (χ1) is 38.2. The number of likely N-dealkylation sites (tertiary alicyclic amines) is 1. The van der Waals surface area contributed by atoms with E-state index < -0.39 is 108 Å². The zero-order valence-corrected chi connectivity index (χ0v) is 50.6. The number of aliphatic hydroxyl groups excluding tert-OH is 1. The van der Waals surface area contributed by atoms with Gasteiger partial charge in [0.2, 0.25) is 35.4 Å². The number of anilines is 1. The van der Waals surface area contributed by atoms with Crippen molar-refractivity contribution in [2.45, 2.75) is 175 Å². The fraction of sp³-hybridized carbons (Fsp3) is 0.661. The molecule has 0 saturated carbocycles. The number of carbonyl (C=O) groups is 8. The number of ether oxygens (including phenoxy) is 3. The van der Waals surface area contributed by atoms with Gasteiger partial charge in [0.25, 0.3) is 0 Å². The summed E-state index contributed by atoms with van der Waals surface area (Å²) in [6.07, 6.45) is -0.665. The number of rotatable bonds is 32. The average molecular weight is 1140 g/mol. The summed E-state index contributed by atoms with van der Waals surface area (Å²) in [6, 6.07) is 9.81. The van der Waals surface area contributed by atoms with Crippen LogP contribution < -0.4 is 37.6 Å². The predicted octanol–water partition coefficient (Wildman–Crippen LogP) is 4.69. The van der Waals surface area contributed by atoms with E-state index in [2.05, 4.69) is 31.9 Å². The Kier molecular flexibility index (Phi) is 28.5. The Morgan fingerprint density at radius 3 is 1.94 bits per heavy atom. The van der Waals surface area contributed by atoms with Crippen molar-refractivity contribution in [3.63, 3.8) is 0 Å². The number of hydrogen-bond donors (Lipinski definition) is 8. The van der Waals surface area contributed by atoms with Crippen LogP contribution in [0.1, 0.15) is 125 Å². The SMILES string of the molecule is CC[C@H](C)[C@@H]([C@@H](CC(=O)N1CCC[C@H]1[C@H](OC)[C@H](C)C(=O)N[C@@H](C)[C@H](O)c1ccccc1)OC)N(C)C(=O)[C@@H](NC(=O)[C@H](C(C)C)N(C)C(=O)OCc1ccc(NC(=O)[C@H](CCCNC(N)=O)NC(=O)[C@@H](NC)C(C)C)cc1)C(C)C. The van der Waals surface area contributed by atoms with Crippen molar-refractivity contribution < 1.29 is 57.7 Å². The zero-order valence-electron chi connectivity index (χ0n) is 50.6. The van der Waals surface area contributed by atoms with Gasteiger partial charge in [0.1, 0.15) is 24.7 Å². The lowest BCUT2D eigenvalue weighted by Crippen LogP contribution is -2.60. The first-order valence-electron chi connectivity index (χ1n) is 28.5. The van der Waals surface area contributed by atoms with Crippen molar-refractivity contribution in [3.8, 4) is 0 Å². The molecule has 1 heterocycles. The van der Waals surface area contributed by atoms with Gasteiger partial charge in [0.15, 0.2) is 0 Å². The van der Waals surface area contributed by atoms with Crippen molar-refractivity contribution in [1.29, 1.82) is 0 Å². The van der Waals surface area contributed by atoms with Crippen LogP contribution in [0.15, 0.2) is 54.6 Å². The van der Waals surface area contributed by atoms with E-state index in [1.165, 1.54) is 26.2 Å². The standard InChI is InChI=1S/C59H96N10O12/c1-16-37(8)50(45(79-14)32-46(70)69-31-21-25-44(69)52(80-15)38(9)53(72)63-39(10)51(71)41-22-18-17-19-23-41)67(12)57(76)48(35(4)5)66-56(75)49(36(6)7)68(13)59(78)81-33-40-26-28-42(29-27-40)64-54(73)43(24-20-30-62-58(60)77)65-55(74)47(61-11)34(2)3/h17-19,22-23,26-29,34-39,43-45,47-52,61,71H,16,20-21,24-25,30-33H2,1-15H3,(H,63,72)(H,64,73)(H,65,74)(H,66,75)(H3,60,62,77)/t37-,38-,39-,43-,44-,45+,47-,48-,49-,50-,51-,52+/m0/s1. The lowest BCUT2D eigenvalue weighted by Gasteiger charge is -2.41. The number of amides is 9. The molecule has 0 unspecified atom stereocenters. The molecule has 0 aliphatic carbocycles. The van der Waals surface area contributed by atoms with E-state index in [-0.39, 0.29) is 55.6 Å². The van der Waals surface area contributed by atoms with Gasteiger partial charge in [0.05, 0.1) is 54.8 Å². The van der Waals surface area contributed by atoms with Gasteiger partial charge in [-0.1, -0.05) is 111 Å². The number of nitrogens with zero attached hydrogens (tertiary/aromatic N) is 3. The van der Waals surface area contributed by atoms with E-state index >= 15 is 0 Å². The van der Waals surface area contributed by atoms with Crippen molar-refractivity contribution in [2.75, 3.05) is 53.8 Å². The van der Waals surface area contributed by atoms with Gasteiger partial charge in [0, 0.05) is 47.1 Å². The number of benzene rings is 2. The van der Waals surface area contributed by atoms with Gasteiger partial charge in [-0.3, -0.25) is 33.7 Å². The number of likely N-dealkylation sites (N-methyl/N-ethyl adjacent to an activating group) is 3. The third-order valence-corrected chi connectivity index (χ3v) is 15.5. The molecule has 1 fully saturated rings. The maximum atomic E-state index is 14.7. The Balaban J connectivity index is 1.71. The minimum absolute atomic E-state index is 0.0488. The van der Waals surface area contributed by atoms with E-state index in [0.717, 1.165) is 0 Å². The molecular formula is C59H96N10O12. The molecule has 0 aromatic heterocycles. The number of hydrogen-bond acceptors (Lipinski definition) is 13. The van der Waals surface area contributed by atoms with Crippen LogP contribution in [0.4, 0.5) is 15.3 Å². The molecule has 454 valence electrons. The number of carbonyl (C=O) groups excluding carboxylic acids is 8. The lowest BCUT2D eigenvalue weighted by molar-refractivity contribution is -0.148. The van der Waals surface area contributed by atoms with Crippen molar-refractivity contribution in [2.24, 2.45) is 35.3 Å². The van der Waals surface area contributed by atoms with E-state index in [0.29, 0.717) is 49.0 Å². The summed E-state index contributed by atoms with van der Waals surface area (Å²) in [5.74, 6) is -3.99. The van der Waals surface area contributed by atoms with Gasteiger partial charge >= 0.3 is 12.1 Å². The summed E-state index contributed by atoms with van der Waals surface area (Å²) >= 11 is 0. The molecular weight excluding hydrogens is 1040 g/mol. The van der Waals surface area contributed by atoms with Crippen LogP contribution in [0.5, 0.6) is 0 Å². The fourth-order valence-corrected chi connectivity index (χ4v) is 10.7. The molecule has 12 atom stereocenters. The molecule has 3 rings (SSSR count).